The molecule has 4 nitrogen and oxygen atoms in total. The van der Waals surface area contributed by atoms with Gasteiger partial charge < -0.3 is 9.13 Å². The van der Waals surface area contributed by atoms with Gasteiger partial charge in [0, 0.05) is 35.0 Å². The van der Waals surface area contributed by atoms with Gasteiger partial charge >= 0.3 is 0 Å². The predicted octanol–water partition coefficient (Wildman–Crippen LogP) is 18.7. The monoisotopic (exact) mass is 964 g/mol. The van der Waals surface area contributed by atoms with Gasteiger partial charge in [-0.15, -0.1) is 22.7 Å². The molecule has 0 amide bonds. The molecule has 0 fully saturated rings. The van der Waals surface area contributed by atoms with E-state index in [0.29, 0.717) is 0 Å². The van der Waals surface area contributed by atoms with Crippen LogP contribution in [0.1, 0.15) is 142 Å². The molecule has 316 valence electrons. The van der Waals surface area contributed by atoms with Gasteiger partial charge in [-0.1, -0.05) is 190 Å². The molecule has 0 aliphatic carbocycles. The molecule has 0 spiro atoms. The zero-order valence-corrected chi connectivity index (χ0v) is 40.7. The molecule has 0 N–H and O–H groups in total. The van der Waals surface area contributed by atoms with Crippen LogP contribution in [0, 0.1) is 0 Å². The Hall–Kier alpha value is -3.04. The average molecular weight is 967 g/mol. The van der Waals surface area contributed by atoms with Crippen LogP contribution in [0.4, 0.5) is 0 Å². The highest BCUT2D eigenvalue weighted by molar-refractivity contribution is 9.11. The first-order valence-corrected chi connectivity index (χ1v) is 26.5. The van der Waals surface area contributed by atoms with Crippen molar-refractivity contribution in [2.24, 2.45) is 0 Å². The fourth-order valence-electron chi connectivity index (χ4n) is 9.48. The smallest absolute Gasteiger partial charge is 0.101 e. The Labute approximate surface area is 382 Å². The summed E-state index contributed by atoms with van der Waals surface area (Å²) in [7, 11) is 0. The summed E-state index contributed by atoms with van der Waals surface area (Å²) in [6, 6.07) is 26.1. The Morgan fingerprint density at radius 2 is 0.783 bits per heavy atom. The van der Waals surface area contributed by atoms with Gasteiger partial charge in [-0.3, -0.25) is 0 Å². The molecule has 0 atom stereocenters. The first-order valence-electron chi connectivity index (χ1n) is 23.3. The number of nitrogens with zero attached hydrogens (tertiary/aromatic N) is 4. The topological polar surface area (TPSA) is 35.6 Å². The molecule has 8 rings (SSSR count). The van der Waals surface area contributed by atoms with Crippen molar-refractivity contribution >= 4 is 108 Å². The summed E-state index contributed by atoms with van der Waals surface area (Å²) in [5.74, 6) is 0. The van der Waals surface area contributed by atoms with E-state index in [1.807, 2.05) is 22.7 Å². The Bertz CT molecular complexity index is 2440. The number of hydrogen-bond donors (Lipinski definition) is 0. The number of rotatable bonds is 24. The minimum Gasteiger partial charge on any atom is -0.338 e. The molecule has 0 unspecified atom stereocenters. The molecule has 0 saturated heterocycles. The van der Waals surface area contributed by atoms with Crippen LogP contribution < -0.4 is 0 Å². The molecule has 8 aromatic rings. The van der Waals surface area contributed by atoms with Gasteiger partial charge in [0.05, 0.1) is 50.4 Å². The largest absolute Gasteiger partial charge is 0.338 e. The second-order valence-electron chi connectivity index (χ2n) is 17.0. The lowest BCUT2D eigenvalue weighted by atomic mass is 10.0. The van der Waals surface area contributed by atoms with Crippen molar-refractivity contribution in [2.75, 3.05) is 0 Å². The third kappa shape index (κ3) is 9.62. The number of halogens is 2. The minimum atomic E-state index is 0.939. The molecule has 0 saturated carbocycles. The third-order valence-corrected chi connectivity index (χ3v) is 15.9. The summed E-state index contributed by atoms with van der Waals surface area (Å²) in [6.45, 7) is 6.61. The molecule has 60 heavy (non-hydrogen) atoms. The molecular formula is C52H62Br2N4S2. The Morgan fingerprint density at radius 1 is 0.450 bits per heavy atom. The van der Waals surface area contributed by atoms with Crippen molar-refractivity contribution in [3.63, 3.8) is 0 Å². The zero-order chi connectivity index (χ0) is 41.3. The van der Waals surface area contributed by atoms with E-state index in [0.717, 1.165) is 46.6 Å². The van der Waals surface area contributed by atoms with Crippen molar-refractivity contribution in [1.82, 2.24) is 19.1 Å². The Balaban J connectivity index is 1.25. The molecule has 5 heterocycles. The van der Waals surface area contributed by atoms with Crippen LogP contribution in [-0.2, 0) is 13.1 Å². The number of fused-ring (bicyclic) bond motifs is 10. The summed E-state index contributed by atoms with van der Waals surface area (Å²) in [5.41, 5.74) is 11.4. The Morgan fingerprint density at radius 3 is 1.13 bits per heavy atom. The number of benzene rings is 3. The summed E-state index contributed by atoms with van der Waals surface area (Å²) in [5, 5.41) is 2.52. The van der Waals surface area contributed by atoms with Gasteiger partial charge in [-0.25, -0.2) is 9.97 Å². The fraction of sp³-hybridized carbons (Fsp3) is 0.462. The van der Waals surface area contributed by atoms with Crippen molar-refractivity contribution in [3.8, 4) is 22.5 Å². The highest BCUT2D eigenvalue weighted by atomic mass is 79.9. The van der Waals surface area contributed by atoms with E-state index in [1.165, 1.54) is 178 Å². The van der Waals surface area contributed by atoms with Gasteiger partial charge in [0.2, 0.25) is 0 Å². The maximum Gasteiger partial charge on any atom is 0.101 e. The fourth-order valence-corrected chi connectivity index (χ4v) is 12.8. The number of thiophene rings is 2. The van der Waals surface area contributed by atoms with Gasteiger partial charge in [0.1, 0.15) is 11.0 Å². The highest BCUT2D eigenvalue weighted by Crippen LogP contribution is 2.50. The minimum absolute atomic E-state index is 0.939. The second kappa shape index (κ2) is 21.4. The van der Waals surface area contributed by atoms with E-state index in [1.54, 1.807) is 0 Å². The van der Waals surface area contributed by atoms with Crippen LogP contribution in [0.15, 0.2) is 80.4 Å². The van der Waals surface area contributed by atoms with E-state index in [2.05, 4.69) is 128 Å². The molecule has 0 bridgehead atoms. The van der Waals surface area contributed by atoms with Crippen molar-refractivity contribution in [3.05, 3.63) is 80.4 Å². The predicted molar refractivity (Wildman–Crippen MR) is 271 cm³/mol. The number of aromatic nitrogens is 4. The van der Waals surface area contributed by atoms with Crippen LogP contribution in [0.25, 0.3) is 75.8 Å². The number of unbranched alkanes of at least 4 members (excludes halogenated alkanes) is 18. The summed E-state index contributed by atoms with van der Waals surface area (Å²) >= 11 is 11.6. The lowest BCUT2D eigenvalue weighted by Gasteiger charge is -2.15. The van der Waals surface area contributed by atoms with E-state index >= 15 is 0 Å². The van der Waals surface area contributed by atoms with E-state index in [4.69, 9.17) is 9.97 Å². The summed E-state index contributed by atoms with van der Waals surface area (Å²) in [6.07, 6.45) is 26.7. The normalized spacial score (nSPS) is 12.1. The number of hydrogen-bond acceptors (Lipinski definition) is 4. The van der Waals surface area contributed by atoms with Crippen LogP contribution in [0.2, 0.25) is 0 Å². The third-order valence-electron chi connectivity index (χ3n) is 12.6. The SMILES string of the molecule is CCCCCCCCCCCCn1c2cc(Br)sc2c2c3nc(-c4ccccc4)c(-c4ccccc4)nc3c3c4sc(Br)cc4n(CCCCCCCCCCCC)c3c21. The van der Waals surface area contributed by atoms with E-state index in [9.17, 15) is 0 Å². The van der Waals surface area contributed by atoms with Gasteiger partial charge in [-0.2, -0.15) is 0 Å². The quantitative estimate of drug-likeness (QED) is 0.0566. The standard InChI is InChI=1S/C52H62Br2N4S2/c1-3-5-7-9-11-13-15-17-19-27-33-57-39-35-41(53)59-51(39)43-47-48(56-46(38-31-25-22-26-32-38)45(55-47)37-29-23-21-24-30-37)44-50(49(43)57)58(40-36-42(54)60-52(40)44)34-28-20-18-16-14-12-10-8-6-4-2/h21-26,29-32,35-36H,3-20,27-28,33-34H2,1-2H3. The zero-order valence-electron chi connectivity index (χ0n) is 35.8. The van der Waals surface area contributed by atoms with Crippen molar-refractivity contribution in [1.29, 1.82) is 0 Å². The van der Waals surface area contributed by atoms with Gasteiger partial charge in [-0.05, 0) is 56.8 Å². The lowest BCUT2D eigenvalue weighted by Crippen LogP contribution is -2.04. The molecule has 0 aliphatic heterocycles. The molecule has 0 radical (unpaired) electrons. The van der Waals surface area contributed by atoms with Crippen molar-refractivity contribution in [2.45, 2.75) is 155 Å². The molecular weight excluding hydrogens is 905 g/mol. The highest BCUT2D eigenvalue weighted by Gasteiger charge is 2.28. The molecule has 0 aliphatic rings. The molecule has 3 aromatic carbocycles. The molecule has 8 heteroatoms. The molecule has 5 aromatic heterocycles. The average Bonchev–Trinajstić information content (AvgIpc) is 4.00. The summed E-state index contributed by atoms with van der Waals surface area (Å²) < 4.78 is 10.3. The van der Waals surface area contributed by atoms with Crippen LogP contribution >= 0.6 is 54.5 Å². The van der Waals surface area contributed by atoms with Gasteiger partial charge in [0.15, 0.2) is 0 Å². The van der Waals surface area contributed by atoms with Crippen LogP contribution in [-0.4, -0.2) is 19.1 Å². The lowest BCUT2D eigenvalue weighted by molar-refractivity contribution is 0.539. The summed E-state index contributed by atoms with van der Waals surface area (Å²) in [4.78, 5) is 11.6. The maximum atomic E-state index is 5.78. The first kappa shape index (κ1) is 43.6. The van der Waals surface area contributed by atoms with Gasteiger partial charge in [0.25, 0.3) is 0 Å². The van der Waals surface area contributed by atoms with E-state index < -0.39 is 0 Å². The second-order valence-corrected chi connectivity index (χ2v) is 21.9. The van der Waals surface area contributed by atoms with Crippen LogP contribution in [0.3, 0.4) is 0 Å². The maximum absolute atomic E-state index is 5.78. The Kier molecular flexibility index (Phi) is 15.5. The number of aryl methyl sites for hydroxylation is 2. The van der Waals surface area contributed by atoms with Crippen molar-refractivity contribution < 1.29 is 0 Å². The van der Waals surface area contributed by atoms with E-state index in [-0.39, 0.29) is 0 Å². The first-order chi connectivity index (χ1) is 29.6. The van der Waals surface area contributed by atoms with Crippen LogP contribution in [0.5, 0.6) is 0 Å².